The summed E-state index contributed by atoms with van der Waals surface area (Å²) in [7, 11) is -3.99. The van der Waals surface area contributed by atoms with Gasteiger partial charge in [-0.25, -0.2) is 14.7 Å². The normalized spacial score (nSPS) is 11.4. The number of thiazole rings is 1. The second-order valence-electron chi connectivity index (χ2n) is 4.26. The lowest BCUT2D eigenvalue weighted by Crippen LogP contribution is -2.31. The molecule has 0 aliphatic rings. The van der Waals surface area contributed by atoms with Crippen molar-refractivity contribution in [1.29, 1.82) is 0 Å². The Morgan fingerprint density at radius 2 is 2.10 bits per heavy atom. The van der Waals surface area contributed by atoms with Gasteiger partial charge in [0.25, 0.3) is 15.9 Å². The lowest BCUT2D eigenvalue weighted by atomic mass is 10.2. The first-order valence-corrected chi connectivity index (χ1v) is 8.35. The molecule has 2 heterocycles. The molecule has 0 aliphatic heterocycles. The van der Waals surface area contributed by atoms with E-state index in [9.17, 15) is 13.2 Å². The molecule has 1 amide bonds. The molecule has 0 bridgehead atoms. The number of pyridine rings is 1. The van der Waals surface area contributed by atoms with Crippen molar-refractivity contribution in [2.45, 2.75) is 24.3 Å². The van der Waals surface area contributed by atoms with Gasteiger partial charge in [0.1, 0.15) is 5.56 Å². The van der Waals surface area contributed by atoms with Gasteiger partial charge in [0.2, 0.25) is 10.2 Å². The van der Waals surface area contributed by atoms with Gasteiger partial charge in [-0.1, -0.05) is 0 Å². The maximum absolute atomic E-state index is 12.1. The van der Waals surface area contributed by atoms with Crippen LogP contribution in [0.25, 0.3) is 0 Å². The maximum atomic E-state index is 12.1. The molecule has 2 rings (SSSR count). The summed E-state index contributed by atoms with van der Waals surface area (Å²) in [4.78, 5) is 19.7. The lowest BCUT2D eigenvalue weighted by Gasteiger charge is -2.12. The highest BCUT2D eigenvalue weighted by Crippen LogP contribution is 2.17. The molecule has 21 heavy (non-hydrogen) atoms. The highest BCUT2D eigenvalue weighted by Gasteiger charge is 2.23. The van der Waals surface area contributed by atoms with Crippen LogP contribution in [0.4, 0.5) is 0 Å². The van der Waals surface area contributed by atoms with E-state index in [1.54, 1.807) is 13.8 Å². The number of amides is 1. The summed E-state index contributed by atoms with van der Waals surface area (Å²) in [6, 6.07) is 2.97. The monoisotopic (exact) mass is 327 g/mol. The smallest absolute Gasteiger partial charge is 0.291 e. The van der Waals surface area contributed by atoms with Crippen molar-refractivity contribution in [2.75, 3.05) is 0 Å². The van der Waals surface area contributed by atoms with Gasteiger partial charge in [0.05, 0.1) is 6.10 Å². The van der Waals surface area contributed by atoms with Crippen LogP contribution in [-0.2, 0) is 10.0 Å². The number of rotatable bonds is 5. The minimum absolute atomic E-state index is 0.0475. The number of carbonyl (C=O) groups is 1. The molecule has 0 aromatic carbocycles. The zero-order chi connectivity index (χ0) is 15.5. The fourth-order valence-corrected chi connectivity index (χ4v) is 3.24. The third kappa shape index (κ3) is 3.76. The third-order valence-corrected chi connectivity index (χ3v) is 4.76. The number of sulfonamides is 1. The number of nitrogens with one attached hydrogen (secondary N) is 1. The van der Waals surface area contributed by atoms with Gasteiger partial charge in [-0.05, 0) is 26.0 Å². The lowest BCUT2D eigenvalue weighted by molar-refractivity contribution is 0.0974. The summed E-state index contributed by atoms with van der Waals surface area (Å²) in [5.41, 5.74) is 0.0475. The van der Waals surface area contributed by atoms with Gasteiger partial charge in [-0.2, -0.15) is 8.42 Å². The van der Waals surface area contributed by atoms with Crippen LogP contribution in [0, 0.1) is 0 Å². The van der Waals surface area contributed by atoms with Gasteiger partial charge >= 0.3 is 0 Å². The quantitative estimate of drug-likeness (QED) is 0.892. The molecule has 0 aliphatic carbocycles. The van der Waals surface area contributed by atoms with Crippen LogP contribution in [-0.4, -0.2) is 30.4 Å². The van der Waals surface area contributed by atoms with Gasteiger partial charge in [-0.3, -0.25) is 4.79 Å². The van der Waals surface area contributed by atoms with Gasteiger partial charge in [-0.15, -0.1) is 11.3 Å². The Morgan fingerprint density at radius 3 is 2.71 bits per heavy atom. The van der Waals surface area contributed by atoms with Crippen molar-refractivity contribution in [3.8, 4) is 5.88 Å². The van der Waals surface area contributed by atoms with Crippen molar-refractivity contribution in [3.63, 3.8) is 0 Å². The molecule has 2 aromatic heterocycles. The highest BCUT2D eigenvalue weighted by molar-refractivity contribution is 7.92. The van der Waals surface area contributed by atoms with E-state index in [2.05, 4.69) is 9.97 Å². The number of carbonyl (C=O) groups excluding carboxylic acids is 1. The first-order valence-electron chi connectivity index (χ1n) is 5.98. The molecular formula is C12H13N3O4S2. The van der Waals surface area contributed by atoms with E-state index in [4.69, 9.17) is 4.74 Å². The van der Waals surface area contributed by atoms with E-state index in [-0.39, 0.29) is 21.9 Å². The molecule has 0 atom stereocenters. The zero-order valence-corrected chi connectivity index (χ0v) is 12.9. The Bertz CT molecular complexity index is 727. The maximum Gasteiger partial charge on any atom is 0.291 e. The minimum atomic E-state index is -3.99. The SMILES string of the molecule is CC(C)Oc1ncccc1C(=O)NS(=O)(=O)c1nccs1. The summed E-state index contributed by atoms with van der Waals surface area (Å²) in [5.74, 6) is -0.728. The number of nitrogens with zero attached hydrogens (tertiary/aromatic N) is 2. The predicted molar refractivity (Wildman–Crippen MR) is 76.8 cm³/mol. The fourth-order valence-electron chi connectivity index (χ4n) is 1.44. The molecule has 0 radical (unpaired) electrons. The van der Waals surface area contributed by atoms with Crippen LogP contribution >= 0.6 is 11.3 Å². The molecule has 0 fully saturated rings. The Morgan fingerprint density at radius 1 is 1.33 bits per heavy atom. The third-order valence-electron chi connectivity index (χ3n) is 2.23. The zero-order valence-electron chi connectivity index (χ0n) is 11.3. The summed E-state index contributed by atoms with van der Waals surface area (Å²) in [6.07, 6.45) is 2.62. The Balaban J connectivity index is 2.25. The molecule has 9 heteroatoms. The average molecular weight is 327 g/mol. The topological polar surface area (TPSA) is 98.2 Å². The number of hydrogen-bond donors (Lipinski definition) is 1. The van der Waals surface area contributed by atoms with Crippen molar-refractivity contribution >= 4 is 27.3 Å². The number of ether oxygens (including phenoxy) is 1. The highest BCUT2D eigenvalue weighted by atomic mass is 32.2. The molecule has 2 aromatic rings. The van der Waals surface area contributed by atoms with Crippen LogP contribution in [0.1, 0.15) is 24.2 Å². The first kappa shape index (κ1) is 15.4. The van der Waals surface area contributed by atoms with E-state index in [1.807, 2.05) is 4.72 Å². The Kier molecular flexibility index (Phi) is 4.53. The second-order valence-corrected chi connectivity index (χ2v) is 7.01. The molecule has 0 spiro atoms. The minimum Gasteiger partial charge on any atom is -0.474 e. The Labute approximate surface area is 126 Å². The van der Waals surface area contributed by atoms with E-state index >= 15 is 0 Å². The summed E-state index contributed by atoms with van der Waals surface area (Å²) in [5, 5.41) is 1.51. The van der Waals surface area contributed by atoms with E-state index in [1.165, 1.54) is 29.9 Å². The van der Waals surface area contributed by atoms with E-state index in [0.717, 1.165) is 11.3 Å². The van der Waals surface area contributed by atoms with Crippen LogP contribution < -0.4 is 9.46 Å². The van der Waals surface area contributed by atoms with Crippen LogP contribution in [0.3, 0.4) is 0 Å². The standard InChI is InChI=1S/C12H13N3O4S2/c1-8(2)19-11-9(4-3-5-13-11)10(16)15-21(17,18)12-14-6-7-20-12/h3-8H,1-2H3,(H,15,16). The molecule has 0 saturated heterocycles. The van der Waals surface area contributed by atoms with E-state index < -0.39 is 15.9 Å². The molecule has 1 N–H and O–H groups in total. The second kappa shape index (κ2) is 6.19. The molecule has 0 saturated carbocycles. The summed E-state index contributed by atoms with van der Waals surface area (Å²) in [6.45, 7) is 3.56. The fraction of sp³-hybridized carbons (Fsp3) is 0.250. The van der Waals surface area contributed by atoms with Crippen molar-refractivity contribution in [2.24, 2.45) is 0 Å². The van der Waals surface area contributed by atoms with Gasteiger partial charge < -0.3 is 4.74 Å². The largest absolute Gasteiger partial charge is 0.474 e. The molecular weight excluding hydrogens is 314 g/mol. The van der Waals surface area contributed by atoms with E-state index in [0.29, 0.717) is 0 Å². The van der Waals surface area contributed by atoms with Crippen LogP contribution in [0.5, 0.6) is 5.88 Å². The molecule has 0 unspecified atom stereocenters. The first-order chi connectivity index (χ1) is 9.90. The van der Waals surface area contributed by atoms with Crippen molar-refractivity contribution in [3.05, 3.63) is 35.5 Å². The average Bonchev–Trinajstić information content (AvgIpc) is 2.92. The van der Waals surface area contributed by atoms with Crippen LogP contribution in [0.15, 0.2) is 34.2 Å². The molecule has 7 nitrogen and oxygen atoms in total. The summed E-state index contributed by atoms with van der Waals surface area (Å²) >= 11 is 0.921. The van der Waals surface area contributed by atoms with Crippen molar-refractivity contribution in [1.82, 2.24) is 14.7 Å². The van der Waals surface area contributed by atoms with Gasteiger partial charge in [0, 0.05) is 17.8 Å². The number of aromatic nitrogens is 2. The Hall–Kier alpha value is -2.00. The van der Waals surface area contributed by atoms with Crippen LogP contribution in [0.2, 0.25) is 0 Å². The predicted octanol–water partition coefficient (Wildman–Crippen LogP) is 1.44. The van der Waals surface area contributed by atoms with Crippen molar-refractivity contribution < 1.29 is 17.9 Å². The van der Waals surface area contributed by atoms with Gasteiger partial charge in [0.15, 0.2) is 0 Å². The summed E-state index contributed by atoms with van der Waals surface area (Å²) < 4.78 is 31.1. The molecule has 112 valence electrons. The number of hydrogen-bond acceptors (Lipinski definition) is 7.